The minimum Gasteiger partial charge on any atom is -0.386 e. The Labute approximate surface area is 125 Å². The number of likely N-dealkylation sites (tertiary alicyclic amines) is 1. The molecule has 1 heterocycles. The maximum absolute atomic E-state index is 12.1. The van der Waals surface area contributed by atoms with Crippen LogP contribution in [0.25, 0.3) is 0 Å². The van der Waals surface area contributed by atoms with Crippen molar-refractivity contribution in [3.8, 4) is 0 Å². The van der Waals surface area contributed by atoms with Gasteiger partial charge in [-0.3, -0.25) is 4.79 Å². The second kappa shape index (κ2) is 5.35. The molecule has 0 spiro atoms. The zero-order valence-electron chi connectivity index (χ0n) is 10.1. The average molecular weight is 380 g/mol. The van der Waals surface area contributed by atoms with Gasteiger partial charge in [-0.1, -0.05) is 24.9 Å². The quantitative estimate of drug-likeness (QED) is 0.821. The molecular formula is C13H15ClINO2. The number of aliphatic hydroxyl groups is 1. The van der Waals surface area contributed by atoms with Crippen LogP contribution >= 0.6 is 34.2 Å². The van der Waals surface area contributed by atoms with Gasteiger partial charge in [-0.25, -0.2) is 0 Å². The highest BCUT2D eigenvalue weighted by Gasteiger charge is 2.42. The Morgan fingerprint density at radius 2 is 2.22 bits per heavy atom. The van der Waals surface area contributed by atoms with Crippen molar-refractivity contribution in [2.75, 3.05) is 13.1 Å². The molecular weight excluding hydrogens is 365 g/mol. The molecule has 3 nitrogen and oxygen atoms in total. The summed E-state index contributed by atoms with van der Waals surface area (Å²) in [6.07, 6.45) is 1.66. The standard InChI is InChI=1S/C13H15ClINO2/c1-2-5-13(18)7-16(8-13)12(17)9-3-4-11(15)10(14)6-9/h3-4,6,18H,2,5,7-8H2,1H3. The third kappa shape index (κ3) is 2.81. The fourth-order valence-electron chi connectivity index (χ4n) is 2.24. The van der Waals surface area contributed by atoms with Gasteiger partial charge < -0.3 is 10.0 Å². The third-order valence-electron chi connectivity index (χ3n) is 3.14. The molecule has 98 valence electrons. The minimum absolute atomic E-state index is 0.0610. The van der Waals surface area contributed by atoms with E-state index in [2.05, 4.69) is 22.6 Å². The highest BCUT2D eigenvalue weighted by Crippen LogP contribution is 2.28. The molecule has 0 unspecified atom stereocenters. The second-order valence-electron chi connectivity index (χ2n) is 4.76. The van der Waals surface area contributed by atoms with Gasteiger partial charge in [-0.15, -0.1) is 0 Å². The van der Waals surface area contributed by atoms with Crippen LogP contribution in [0.4, 0.5) is 0 Å². The molecule has 1 aliphatic rings. The van der Waals surface area contributed by atoms with Crippen LogP contribution in [0.5, 0.6) is 0 Å². The molecule has 0 radical (unpaired) electrons. The molecule has 18 heavy (non-hydrogen) atoms. The normalized spacial score (nSPS) is 17.4. The SMILES string of the molecule is CCCC1(O)CN(C(=O)c2ccc(I)c(Cl)c2)C1. The number of β-amino-alcohol motifs (C(OH)–C–C–N with tert-alkyl or cyclic N) is 1. The second-order valence-corrected chi connectivity index (χ2v) is 6.33. The van der Waals surface area contributed by atoms with Crippen LogP contribution < -0.4 is 0 Å². The maximum Gasteiger partial charge on any atom is 0.254 e. The van der Waals surface area contributed by atoms with Gasteiger partial charge in [-0.2, -0.15) is 0 Å². The molecule has 1 aromatic carbocycles. The lowest BCUT2D eigenvalue weighted by Gasteiger charge is -2.46. The zero-order chi connectivity index (χ0) is 13.3. The monoisotopic (exact) mass is 379 g/mol. The molecule has 2 rings (SSSR count). The molecule has 1 N–H and O–H groups in total. The first kappa shape index (κ1) is 14.1. The zero-order valence-corrected chi connectivity index (χ0v) is 13.0. The molecule has 0 bridgehead atoms. The Morgan fingerprint density at radius 3 is 2.78 bits per heavy atom. The first-order chi connectivity index (χ1) is 8.45. The van der Waals surface area contributed by atoms with E-state index in [9.17, 15) is 9.90 Å². The largest absolute Gasteiger partial charge is 0.386 e. The van der Waals surface area contributed by atoms with E-state index in [1.54, 1.807) is 17.0 Å². The van der Waals surface area contributed by atoms with Crippen LogP contribution in [0.1, 0.15) is 30.1 Å². The van der Waals surface area contributed by atoms with E-state index >= 15 is 0 Å². The van der Waals surface area contributed by atoms with E-state index in [1.165, 1.54) is 0 Å². The van der Waals surface area contributed by atoms with Crippen molar-refractivity contribution in [1.82, 2.24) is 4.90 Å². The number of nitrogens with zero attached hydrogens (tertiary/aromatic N) is 1. The van der Waals surface area contributed by atoms with Crippen LogP contribution in [0.2, 0.25) is 5.02 Å². The summed E-state index contributed by atoms with van der Waals surface area (Å²) in [5, 5.41) is 10.6. The van der Waals surface area contributed by atoms with Gasteiger partial charge >= 0.3 is 0 Å². The van der Waals surface area contributed by atoms with Gasteiger partial charge in [0.25, 0.3) is 5.91 Å². The predicted molar refractivity (Wildman–Crippen MR) is 79.9 cm³/mol. The molecule has 1 saturated heterocycles. The molecule has 0 aliphatic carbocycles. The highest BCUT2D eigenvalue weighted by atomic mass is 127. The Hall–Kier alpha value is -0.330. The fourth-order valence-corrected chi connectivity index (χ4v) is 2.76. The van der Waals surface area contributed by atoms with Gasteiger partial charge in [0.05, 0.1) is 23.7 Å². The number of hydrogen-bond acceptors (Lipinski definition) is 2. The van der Waals surface area contributed by atoms with Crippen molar-refractivity contribution in [3.63, 3.8) is 0 Å². The maximum atomic E-state index is 12.1. The number of amides is 1. The summed E-state index contributed by atoms with van der Waals surface area (Å²) in [5.74, 6) is -0.0610. The molecule has 5 heteroatoms. The number of halogens is 2. The van der Waals surface area contributed by atoms with Gasteiger partial charge in [0, 0.05) is 9.13 Å². The summed E-state index contributed by atoms with van der Waals surface area (Å²) in [6, 6.07) is 5.28. The molecule has 0 saturated carbocycles. The molecule has 0 atom stereocenters. The predicted octanol–water partition coefficient (Wildman–Crippen LogP) is 2.93. The Bertz CT molecular complexity index is 472. The van der Waals surface area contributed by atoms with Crippen LogP contribution in [0.3, 0.4) is 0 Å². The highest BCUT2D eigenvalue weighted by molar-refractivity contribution is 14.1. The lowest BCUT2D eigenvalue weighted by Crippen LogP contribution is -2.63. The summed E-state index contributed by atoms with van der Waals surface area (Å²) in [6.45, 7) is 2.87. The molecule has 1 aliphatic heterocycles. The van der Waals surface area contributed by atoms with E-state index < -0.39 is 5.60 Å². The fraction of sp³-hybridized carbons (Fsp3) is 0.462. The first-order valence-electron chi connectivity index (χ1n) is 5.92. The summed E-state index contributed by atoms with van der Waals surface area (Å²) >= 11 is 8.13. The van der Waals surface area contributed by atoms with Crippen LogP contribution in [0, 0.1) is 3.57 Å². The van der Waals surface area contributed by atoms with E-state index in [-0.39, 0.29) is 5.91 Å². The van der Waals surface area contributed by atoms with Crippen molar-refractivity contribution in [2.45, 2.75) is 25.4 Å². The third-order valence-corrected chi connectivity index (χ3v) is 4.71. The average Bonchev–Trinajstić information content (AvgIpc) is 2.29. The van der Waals surface area contributed by atoms with Gasteiger partial charge in [0.2, 0.25) is 0 Å². The number of benzene rings is 1. The lowest BCUT2D eigenvalue weighted by molar-refractivity contribution is -0.0860. The lowest BCUT2D eigenvalue weighted by atomic mass is 9.89. The van der Waals surface area contributed by atoms with Crippen LogP contribution in [-0.2, 0) is 0 Å². The number of hydrogen-bond donors (Lipinski definition) is 1. The Balaban J connectivity index is 2.03. The molecule has 1 fully saturated rings. The molecule has 1 amide bonds. The Morgan fingerprint density at radius 1 is 1.56 bits per heavy atom. The number of carbonyl (C=O) groups excluding carboxylic acids is 1. The van der Waals surface area contributed by atoms with E-state index in [4.69, 9.17) is 11.6 Å². The summed E-state index contributed by atoms with van der Waals surface area (Å²) < 4.78 is 0.928. The van der Waals surface area contributed by atoms with E-state index in [0.29, 0.717) is 23.7 Å². The molecule has 1 aromatic rings. The van der Waals surface area contributed by atoms with E-state index in [1.807, 2.05) is 13.0 Å². The number of carbonyl (C=O) groups is 1. The summed E-state index contributed by atoms with van der Waals surface area (Å²) in [5.41, 5.74) is -0.101. The van der Waals surface area contributed by atoms with E-state index in [0.717, 1.165) is 16.4 Å². The summed E-state index contributed by atoms with van der Waals surface area (Å²) in [4.78, 5) is 13.8. The van der Waals surface area contributed by atoms with Crippen molar-refractivity contribution in [3.05, 3.63) is 32.4 Å². The van der Waals surface area contributed by atoms with Gasteiger partial charge in [0.15, 0.2) is 0 Å². The smallest absolute Gasteiger partial charge is 0.254 e. The summed E-state index contributed by atoms with van der Waals surface area (Å²) in [7, 11) is 0. The van der Waals surface area contributed by atoms with Crippen LogP contribution in [0.15, 0.2) is 18.2 Å². The minimum atomic E-state index is -0.683. The number of rotatable bonds is 3. The van der Waals surface area contributed by atoms with Crippen molar-refractivity contribution >= 4 is 40.1 Å². The van der Waals surface area contributed by atoms with Crippen LogP contribution in [-0.4, -0.2) is 34.6 Å². The molecule has 0 aromatic heterocycles. The van der Waals surface area contributed by atoms with Crippen molar-refractivity contribution in [2.24, 2.45) is 0 Å². The van der Waals surface area contributed by atoms with Crippen molar-refractivity contribution in [1.29, 1.82) is 0 Å². The first-order valence-corrected chi connectivity index (χ1v) is 7.37. The van der Waals surface area contributed by atoms with Gasteiger partial charge in [0.1, 0.15) is 0 Å². The van der Waals surface area contributed by atoms with Gasteiger partial charge in [-0.05, 0) is 47.2 Å². The van der Waals surface area contributed by atoms with Crippen molar-refractivity contribution < 1.29 is 9.90 Å². The Kier molecular flexibility index (Phi) is 4.18. The topological polar surface area (TPSA) is 40.5 Å².